The zero-order valence-electron chi connectivity index (χ0n) is 18.7. The third kappa shape index (κ3) is 7.05. The Morgan fingerprint density at radius 1 is 0.774 bits per heavy atom. The van der Waals surface area contributed by atoms with Gasteiger partial charge in [0.05, 0.1) is 37.4 Å². The molecule has 2 aromatic rings. The number of rotatable bonds is 6. The topological polar surface area (TPSA) is 47.6 Å². The standard InChI is InChI=1S/C27H35NO3/c1-3-25-23(19-21-13-7-5-8-14-21)27(29)28-24(20-22-15-9-6-10-16-22)26(4-2)31-18-12-11-17-30-25/h5-16,23-26H,3-4,17-20H2,1-2H3,(H,28,29)/b12-11+/t23?,24-,25+,26?/m0/s1. The molecule has 0 aromatic heterocycles. The molecule has 1 N–H and O–H groups in total. The Hall–Kier alpha value is -2.43. The molecule has 31 heavy (non-hydrogen) atoms. The summed E-state index contributed by atoms with van der Waals surface area (Å²) >= 11 is 0. The van der Waals surface area contributed by atoms with Crippen molar-refractivity contribution in [1.82, 2.24) is 5.32 Å². The zero-order valence-corrected chi connectivity index (χ0v) is 18.7. The van der Waals surface area contributed by atoms with Gasteiger partial charge in [0, 0.05) is 0 Å². The first-order valence-electron chi connectivity index (χ1n) is 11.5. The van der Waals surface area contributed by atoms with E-state index in [1.807, 2.05) is 48.6 Å². The normalized spacial score (nSPS) is 26.3. The molecule has 166 valence electrons. The van der Waals surface area contributed by atoms with Crippen LogP contribution in [0.5, 0.6) is 0 Å². The van der Waals surface area contributed by atoms with Crippen molar-refractivity contribution in [3.8, 4) is 0 Å². The van der Waals surface area contributed by atoms with E-state index in [0.29, 0.717) is 19.6 Å². The molecule has 1 heterocycles. The van der Waals surface area contributed by atoms with Crippen molar-refractivity contribution in [2.45, 2.75) is 57.8 Å². The van der Waals surface area contributed by atoms with E-state index >= 15 is 0 Å². The lowest BCUT2D eigenvalue weighted by Gasteiger charge is -2.32. The summed E-state index contributed by atoms with van der Waals surface area (Å²) in [6, 6.07) is 20.4. The molecule has 2 unspecified atom stereocenters. The Labute approximate surface area is 186 Å². The van der Waals surface area contributed by atoms with Gasteiger partial charge < -0.3 is 14.8 Å². The molecular formula is C27H35NO3. The lowest BCUT2D eigenvalue weighted by molar-refractivity contribution is -0.132. The molecule has 0 saturated carbocycles. The molecule has 0 bridgehead atoms. The van der Waals surface area contributed by atoms with Crippen LogP contribution in [0, 0.1) is 5.92 Å². The molecule has 1 aliphatic heterocycles. The fraction of sp³-hybridized carbons (Fsp3) is 0.444. The molecule has 0 spiro atoms. The van der Waals surface area contributed by atoms with E-state index in [0.717, 1.165) is 24.8 Å². The van der Waals surface area contributed by atoms with Gasteiger partial charge in [0.1, 0.15) is 0 Å². The number of benzene rings is 2. The Balaban J connectivity index is 1.87. The summed E-state index contributed by atoms with van der Waals surface area (Å²) in [5.41, 5.74) is 2.34. The molecule has 1 aliphatic rings. The van der Waals surface area contributed by atoms with Gasteiger partial charge in [0.25, 0.3) is 0 Å². The van der Waals surface area contributed by atoms with Gasteiger partial charge in [-0.25, -0.2) is 0 Å². The van der Waals surface area contributed by atoms with Crippen molar-refractivity contribution < 1.29 is 14.3 Å². The van der Waals surface area contributed by atoms with E-state index in [1.54, 1.807) is 0 Å². The minimum Gasteiger partial charge on any atom is -0.373 e. The van der Waals surface area contributed by atoms with E-state index < -0.39 is 0 Å². The average molecular weight is 422 g/mol. The van der Waals surface area contributed by atoms with Gasteiger partial charge in [0.15, 0.2) is 0 Å². The van der Waals surface area contributed by atoms with Crippen LogP contribution in [0.2, 0.25) is 0 Å². The molecule has 0 saturated heterocycles. The van der Waals surface area contributed by atoms with Crippen molar-refractivity contribution in [3.05, 3.63) is 83.9 Å². The number of ether oxygens (including phenoxy) is 2. The maximum atomic E-state index is 13.6. The quantitative estimate of drug-likeness (QED) is 0.686. The van der Waals surface area contributed by atoms with Crippen LogP contribution in [0.1, 0.15) is 37.8 Å². The van der Waals surface area contributed by atoms with E-state index in [-0.39, 0.29) is 30.1 Å². The van der Waals surface area contributed by atoms with Gasteiger partial charge in [-0.2, -0.15) is 0 Å². The molecule has 3 rings (SSSR count). The fourth-order valence-electron chi connectivity index (χ4n) is 4.23. The monoisotopic (exact) mass is 421 g/mol. The van der Waals surface area contributed by atoms with Crippen molar-refractivity contribution in [2.24, 2.45) is 5.92 Å². The van der Waals surface area contributed by atoms with Crippen LogP contribution < -0.4 is 5.32 Å². The Morgan fingerprint density at radius 2 is 1.29 bits per heavy atom. The van der Waals surface area contributed by atoms with Crippen LogP contribution in [-0.4, -0.2) is 37.4 Å². The summed E-state index contributed by atoms with van der Waals surface area (Å²) in [6.07, 6.45) is 6.85. The molecule has 0 radical (unpaired) electrons. The summed E-state index contributed by atoms with van der Waals surface area (Å²) in [7, 11) is 0. The van der Waals surface area contributed by atoms with E-state index in [1.165, 1.54) is 5.56 Å². The molecule has 1 amide bonds. The lowest BCUT2D eigenvalue weighted by atomic mass is 9.90. The molecule has 0 fully saturated rings. The van der Waals surface area contributed by atoms with Crippen molar-refractivity contribution >= 4 is 5.91 Å². The van der Waals surface area contributed by atoms with Gasteiger partial charge in [0.2, 0.25) is 5.91 Å². The van der Waals surface area contributed by atoms with Crippen LogP contribution >= 0.6 is 0 Å². The first-order valence-corrected chi connectivity index (χ1v) is 11.5. The smallest absolute Gasteiger partial charge is 0.226 e. The fourth-order valence-corrected chi connectivity index (χ4v) is 4.23. The van der Waals surface area contributed by atoms with Crippen LogP contribution in [0.25, 0.3) is 0 Å². The van der Waals surface area contributed by atoms with Crippen molar-refractivity contribution in [3.63, 3.8) is 0 Å². The summed E-state index contributed by atoms with van der Waals surface area (Å²) in [5.74, 6) is -0.209. The van der Waals surface area contributed by atoms with Crippen LogP contribution in [0.3, 0.4) is 0 Å². The highest BCUT2D eigenvalue weighted by Gasteiger charge is 2.32. The number of hydrogen-bond acceptors (Lipinski definition) is 3. The van der Waals surface area contributed by atoms with E-state index in [9.17, 15) is 4.79 Å². The maximum Gasteiger partial charge on any atom is 0.226 e. The van der Waals surface area contributed by atoms with Gasteiger partial charge in [-0.05, 0) is 36.8 Å². The SMILES string of the molecule is CCC1OC/C=C/CO[C@H](CC)C(Cc2ccccc2)C(=O)N[C@H]1Cc1ccccc1. The molecule has 0 aliphatic carbocycles. The van der Waals surface area contributed by atoms with Gasteiger partial charge in [-0.15, -0.1) is 0 Å². The number of amides is 1. The third-order valence-electron chi connectivity index (χ3n) is 5.94. The largest absolute Gasteiger partial charge is 0.373 e. The lowest BCUT2D eigenvalue weighted by Crippen LogP contribution is -2.50. The summed E-state index contributed by atoms with van der Waals surface area (Å²) in [5, 5.41) is 3.35. The first-order chi connectivity index (χ1) is 15.2. The summed E-state index contributed by atoms with van der Waals surface area (Å²) in [6.45, 7) is 5.21. The Morgan fingerprint density at radius 3 is 1.84 bits per heavy atom. The average Bonchev–Trinajstić information content (AvgIpc) is 2.80. The van der Waals surface area contributed by atoms with Crippen LogP contribution in [0.4, 0.5) is 0 Å². The second-order valence-electron chi connectivity index (χ2n) is 8.13. The first kappa shape index (κ1) is 23.2. The minimum atomic E-state index is -0.254. The van der Waals surface area contributed by atoms with Crippen LogP contribution in [0.15, 0.2) is 72.8 Å². The Kier molecular flexibility index (Phi) is 9.32. The summed E-state index contributed by atoms with van der Waals surface area (Å²) < 4.78 is 12.3. The highest BCUT2D eigenvalue weighted by Crippen LogP contribution is 2.21. The number of nitrogens with one attached hydrogen (secondary N) is 1. The Bertz CT molecular complexity index is 806. The van der Waals surface area contributed by atoms with Crippen molar-refractivity contribution in [2.75, 3.05) is 13.2 Å². The molecule has 4 heteroatoms. The van der Waals surface area contributed by atoms with Crippen LogP contribution in [-0.2, 0) is 27.1 Å². The highest BCUT2D eigenvalue weighted by atomic mass is 16.5. The predicted octanol–water partition coefficient (Wildman–Crippen LogP) is 4.73. The van der Waals surface area contributed by atoms with Crippen molar-refractivity contribution in [1.29, 1.82) is 0 Å². The van der Waals surface area contributed by atoms with Gasteiger partial charge in [-0.3, -0.25) is 4.79 Å². The maximum absolute atomic E-state index is 13.6. The number of carbonyl (C=O) groups is 1. The minimum absolute atomic E-state index is 0.0447. The molecular weight excluding hydrogens is 386 g/mol. The zero-order chi connectivity index (χ0) is 21.9. The number of hydrogen-bond donors (Lipinski definition) is 1. The number of carbonyl (C=O) groups excluding carboxylic acids is 1. The second-order valence-corrected chi connectivity index (χ2v) is 8.13. The molecule has 2 aromatic carbocycles. The van der Waals surface area contributed by atoms with Gasteiger partial charge in [-0.1, -0.05) is 86.7 Å². The molecule has 4 nitrogen and oxygen atoms in total. The van der Waals surface area contributed by atoms with Gasteiger partial charge >= 0.3 is 0 Å². The third-order valence-corrected chi connectivity index (χ3v) is 5.94. The molecule has 4 atom stereocenters. The predicted molar refractivity (Wildman–Crippen MR) is 125 cm³/mol. The summed E-state index contributed by atoms with van der Waals surface area (Å²) in [4.78, 5) is 13.6. The highest BCUT2D eigenvalue weighted by molar-refractivity contribution is 5.80. The van der Waals surface area contributed by atoms with E-state index in [2.05, 4.69) is 43.4 Å². The second kappa shape index (κ2) is 12.4. The van der Waals surface area contributed by atoms with E-state index in [4.69, 9.17) is 9.47 Å².